The largest absolute Gasteiger partial charge is 0.481 e. The molecule has 0 bridgehead atoms. The van der Waals surface area contributed by atoms with Gasteiger partial charge in [0.25, 0.3) is 10.0 Å². The summed E-state index contributed by atoms with van der Waals surface area (Å²) in [4.78, 5) is 10.7. The molecule has 0 amide bonds. The van der Waals surface area contributed by atoms with Crippen LogP contribution in [0.25, 0.3) is 0 Å². The third-order valence-corrected chi connectivity index (χ3v) is 3.21. The molecule has 5 nitrogen and oxygen atoms in total. The van der Waals surface area contributed by atoms with Crippen LogP contribution in [0.2, 0.25) is 0 Å². The highest BCUT2D eigenvalue weighted by molar-refractivity contribution is 7.89. The van der Waals surface area contributed by atoms with Gasteiger partial charge in [-0.05, 0) is 13.3 Å². The third kappa shape index (κ3) is 3.71. The first-order chi connectivity index (χ1) is 6.65. The van der Waals surface area contributed by atoms with Gasteiger partial charge in [0.2, 0.25) is 0 Å². The summed E-state index contributed by atoms with van der Waals surface area (Å²) in [6.45, 7) is 2.26. The van der Waals surface area contributed by atoms with E-state index in [9.17, 15) is 22.0 Å². The second kappa shape index (κ2) is 4.84. The molecule has 0 aromatic heterocycles. The zero-order valence-electron chi connectivity index (χ0n) is 8.33. The molecule has 0 spiro atoms. The molecule has 8 heteroatoms. The molecular formula is C7H13F2NO4S. The van der Waals surface area contributed by atoms with Crippen LogP contribution in [-0.4, -0.2) is 31.8 Å². The monoisotopic (exact) mass is 245 g/mol. The van der Waals surface area contributed by atoms with Crippen molar-refractivity contribution in [1.29, 1.82) is 0 Å². The van der Waals surface area contributed by atoms with Crippen LogP contribution in [0.5, 0.6) is 0 Å². The maximum atomic E-state index is 11.9. The lowest BCUT2D eigenvalue weighted by Crippen LogP contribution is -2.42. The lowest BCUT2D eigenvalue weighted by molar-refractivity contribution is -0.147. The average Bonchev–Trinajstić information content (AvgIpc) is 2.13. The number of carbonyl (C=O) groups is 1. The van der Waals surface area contributed by atoms with Crippen molar-refractivity contribution in [3.63, 3.8) is 0 Å². The second-order valence-electron chi connectivity index (χ2n) is 3.35. The van der Waals surface area contributed by atoms with Crippen molar-refractivity contribution >= 4 is 16.0 Å². The van der Waals surface area contributed by atoms with Gasteiger partial charge in [0.15, 0.2) is 0 Å². The van der Waals surface area contributed by atoms with Crippen LogP contribution in [0.3, 0.4) is 0 Å². The summed E-state index contributed by atoms with van der Waals surface area (Å²) in [5.74, 6) is -4.78. The Morgan fingerprint density at radius 2 is 2.00 bits per heavy atom. The Balaban J connectivity index is 4.57. The fourth-order valence-corrected chi connectivity index (χ4v) is 1.32. The van der Waals surface area contributed by atoms with Crippen molar-refractivity contribution in [3.05, 3.63) is 0 Å². The molecule has 0 aliphatic carbocycles. The molecule has 15 heavy (non-hydrogen) atoms. The van der Waals surface area contributed by atoms with E-state index in [2.05, 4.69) is 0 Å². The lowest BCUT2D eigenvalue weighted by Gasteiger charge is -2.22. The van der Waals surface area contributed by atoms with Gasteiger partial charge in [-0.25, -0.2) is 13.1 Å². The van der Waals surface area contributed by atoms with E-state index in [4.69, 9.17) is 5.11 Å². The van der Waals surface area contributed by atoms with E-state index in [0.717, 1.165) is 0 Å². The number of hydrogen-bond donors (Lipinski definition) is 2. The van der Waals surface area contributed by atoms with Crippen LogP contribution in [0.4, 0.5) is 8.78 Å². The van der Waals surface area contributed by atoms with Gasteiger partial charge in [0.05, 0.1) is 5.41 Å². The van der Waals surface area contributed by atoms with E-state index in [1.807, 2.05) is 0 Å². The smallest absolute Gasteiger partial charge is 0.350 e. The number of halogens is 2. The fraction of sp³-hybridized carbons (Fsp3) is 0.857. The Morgan fingerprint density at radius 3 is 2.27 bits per heavy atom. The highest BCUT2D eigenvalue weighted by atomic mass is 32.2. The second-order valence-corrected chi connectivity index (χ2v) is 5.08. The highest BCUT2D eigenvalue weighted by Gasteiger charge is 2.34. The van der Waals surface area contributed by atoms with Crippen molar-refractivity contribution in [2.75, 3.05) is 6.54 Å². The summed E-state index contributed by atoms with van der Waals surface area (Å²) < 4.78 is 46.7. The molecule has 1 atom stereocenters. The Bertz CT molecular complexity index is 330. The van der Waals surface area contributed by atoms with Gasteiger partial charge < -0.3 is 5.11 Å². The number of alkyl halides is 2. The van der Waals surface area contributed by atoms with Crippen LogP contribution in [0, 0.1) is 5.41 Å². The Kier molecular flexibility index (Phi) is 4.60. The van der Waals surface area contributed by atoms with Crippen molar-refractivity contribution in [3.8, 4) is 0 Å². The van der Waals surface area contributed by atoms with E-state index in [1.165, 1.54) is 13.8 Å². The van der Waals surface area contributed by atoms with Gasteiger partial charge in [0, 0.05) is 6.54 Å². The van der Waals surface area contributed by atoms with Crippen LogP contribution in [0.15, 0.2) is 0 Å². The van der Waals surface area contributed by atoms with Crippen LogP contribution >= 0.6 is 0 Å². The molecule has 0 aromatic carbocycles. The minimum atomic E-state index is -4.72. The van der Waals surface area contributed by atoms with Gasteiger partial charge in [0.1, 0.15) is 0 Å². The maximum Gasteiger partial charge on any atom is 0.350 e. The quantitative estimate of drug-likeness (QED) is 0.719. The van der Waals surface area contributed by atoms with Crippen LogP contribution in [-0.2, 0) is 14.8 Å². The predicted molar refractivity (Wildman–Crippen MR) is 49.0 cm³/mol. The molecule has 1 unspecified atom stereocenters. The first-order valence-electron chi connectivity index (χ1n) is 4.16. The van der Waals surface area contributed by atoms with Crippen molar-refractivity contribution in [2.45, 2.75) is 26.0 Å². The zero-order valence-corrected chi connectivity index (χ0v) is 9.14. The number of aliphatic carboxylic acids is 1. The minimum Gasteiger partial charge on any atom is -0.481 e. The van der Waals surface area contributed by atoms with E-state index in [-0.39, 0.29) is 6.42 Å². The van der Waals surface area contributed by atoms with E-state index >= 15 is 0 Å². The number of nitrogens with one attached hydrogen (secondary N) is 1. The Labute approximate surface area is 86.5 Å². The average molecular weight is 245 g/mol. The Morgan fingerprint density at radius 1 is 1.53 bits per heavy atom. The molecule has 2 N–H and O–H groups in total. The lowest BCUT2D eigenvalue weighted by atomic mass is 9.88. The van der Waals surface area contributed by atoms with Crippen molar-refractivity contribution in [2.24, 2.45) is 5.41 Å². The van der Waals surface area contributed by atoms with E-state index in [1.54, 1.807) is 4.72 Å². The number of hydrogen-bond acceptors (Lipinski definition) is 3. The summed E-state index contributed by atoms with van der Waals surface area (Å²) in [5.41, 5.74) is -1.37. The van der Waals surface area contributed by atoms with E-state index in [0.29, 0.717) is 0 Å². The first kappa shape index (κ1) is 14.2. The van der Waals surface area contributed by atoms with Crippen molar-refractivity contribution < 1.29 is 27.1 Å². The van der Waals surface area contributed by atoms with Crippen LogP contribution < -0.4 is 4.72 Å². The molecule has 0 aliphatic heterocycles. The molecule has 0 saturated heterocycles. The molecule has 0 fully saturated rings. The number of sulfonamides is 1. The third-order valence-electron chi connectivity index (χ3n) is 2.19. The molecule has 0 saturated carbocycles. The molecule has 0 heterocycles. The van der Waals surface area contributed by atoms with Gasteiger partial charge in [-0.3, -0.25) is 4.79 Å². The highest BCUT2D eigenvalue weighted by Crippen LogP contribution is 2.20. The first-order valence-corrected chi connectivity index (χ1v) is 5.70. The number of carboxylic acids is 1. The minimum absolute atomic E-state index is 0.133. The van der Waals surface area contributed by atoms with Gasteiger partial charge in [-0.15, -0.1) is 0 Å². The standard InChI is InChI=1S/C7H13F2NO4S/c1-3-7(2,5(11)12)4-10-15(13,14)6(8)9/h6,10H,3-4H2,1-2H3,(H,11,12). The number of carboxylic acid groups (broad SMARTS) is 1. The van der Waals surface area contributed by atoms with E-state index < -0.39 is 33.7 Å². The van der Waals surface area contributed by atoms with Crippen molar-refractivity contribution in [1.82, 2.24) is 4.72 Å². The van der Waals surface area contributed by atoms with Crippen LogP contribution in [0.1, 0.15) is 20.3 Å². The van der Waals surface area contributed by atoms with Gasteiger partial charge >= 0.3 is 11.7 Å². The molecular weight excluding hydrogens is 232 g/mol. The normalized spacial score (nSPS) is 16.3. The maximum absolute atomic E-state index is 11.9. The summed E-state index contributed by atoms with van der Waals surface area (Å²) >= 11 is 0. The fourth-order valence-electron chi connectivity index (χ4n) is 0.675. The molecule has 0 aliphatic rings. The molecule has 0 radical (unpaired) electrons. The molecule has 0 rings (SSSR count). The molecule has 90 valence electrons. The summed E-state index contributed by atoms with van der Waals surface area (Å²) in [6, 6.07) is 0. The topological polar surface area (TPSA) is 83.5 Å². The van der Waals surface area contributed by atoms with Gasteiger partial charge in [-0.1, -0.05) is 6.92 Å². The molecule has 0 aromatic rings. The summed E-state index contributed by atoms with van der Waals surface area (Å²) in [5, 5.41) is 8.75. The Hall–Kier alpha value is -0.760. The zero-order chi connectivity index (χ0) is 12.3. The predicted octanol–water partition coefficient (Wildman–Crippen LogP) is 0.629. The summed E-state index contributed by atoms with van der Waals surface area (Å²) in [6.07, 6.45) is 0.133. The summed E-state index contributed by atoms with van der Waals surface area (Å²) in [7, 11) is -4.72. The number of rotatable bonds is 6. The van der Waals surface area contributed by atoms with Gasteiger partial charge in [-0.2, -0.15) is 8.78 Å². The SMILES string of the molecule is CCC(C)(CNS(=O)(=O)C(F)F)C(=O)O.